The van der Waals surface area contributed by atoms with Gasteiger partial charge in [0.05, 0.1) is 13.2 Å². The number of esters is 1. The first-order chi connectivity index (χ1) is 12.9. The van der Waals surface area contributed by atoms with Crippen LogP contribution in [0, 0.1) is 0 Å². The predicted molar refractivity (Wildman–Crippen MR) is 98.6 cm³/mol. The van der Waals surface area contributed by atoms with Gasteiger partial charge in [0.25, 0.3) is 10.9 Å². The minimum Gasteiger partial charge on any atom is -0.497 e. The first-order valence-corrected chi connectivity index (χ1v) is 8.47. The molecule has 27 heavy (non-hydrogen) atoms. The number of aliphatic hydroxyl groups excluding tert-OH is 1. The van der Waals surface area contributed by atoms with Crippen LogP contribution >= 0.6 is 0 Å². The zero-order chi connectivity index (χ0) is 19.6. The molecule has 1 saturated heterocycles. The lowest BCUT2D eigenvalue weighted by Crippen LogP contribution is -2.41. The first kappa shape index (κ1) is 18.9. The number of nitrogen functional groups attached to an aromatic ring is 1. The third-order valence-corrected chi connectivity index (χ3v) is 4.60. The maximum absolute atomic E-state index is 12.1. The summed E-state index contributed by atoms with van der Waals surface area (Å²) in [5.74, 6) is 0.0831. The van der Waals surface area contributed by atoms with Gasteiger partial charge in [0.1, 0.15) is 35.9 Å². The minimum atomic E-state index is -0.839. The standard InChI is InChI=1S/C18H21N3O6/c1-26-10-4-2-9(3-5-10)6-11-18(12(22)7-20-11)27-13(23)8-21-15-14(19)16(24)17(15)25/h2-5,11-12,18,20-22H,6-8,19H2,1H3/t11-,12+,18+/m1/s1. The largest absolute Gasteiger partial charge is 0.497 e. The second-order valence-corrected chi connectivity index (χ2v) is 6.39. The van der Waals surface area contributed by atoms with Gasteiger partial charge in [-0.05, 0) is 24.1 Å². The first-order valence-electron chi connectivity index (χ1n) is 8.47. The molecule has 1 aliphatic heterocycles. The Hall–Kier alpha value is -2.91. The van der Waals surface area contributed by atoms with Crippen molar-refractivity contribution in [3.63, 3.8) is 0 Å². The van der Waals surface area contributed by atoms with Crippen molar-refractivity contribution in [3.8, 4) is 5.75 Å². The van der Waals surface area contributed by atoms with Crippen molar-refractivity contribution >= 4 is 17.3 Å². The molecule has 0 aromatic heterocycles. The van der Waals surface area contributed by atoms with Crippen molar-refractivity contribution in [2.75, 3.05) is 31.2 Å². The molecule has 9 heteroatoms. The molecule has 0 spiro atoms. The molecule has 9 nitrogen and oxygen atoms in total. The lowest BCUT2D eigenvalue weighted by atomic mass is 10.0. The third kappa shape index (κ3) is 3.93. The van der Waals surface area contributed by atoms with E-state index in [0.717, 1.165) is 11.3 Å². The molecular formula is C18H21N3O6. The Morgan fingerprint density at radius 3 is 2.63 bits per heavy atom. The molecule has 0 bridgehead atoms. The van der Waals surface area contributed by atoms with Crippen LogP contribution in [-0.4, -0.2) is 49.5 Å². The molecule has 1 fully saturated rings. The lowest BCUT2D eigenvalue weighted by molar-refractivity contribution is -0.151. The van der Waals surface area contributed by atoms with Gasteiger partial charge in [0.2, 0.25) is 0 Å². The van der Waals surface area contributed by atoms with Crippen LogP contribution in [0.2, 0.25) is 0 Å². The van der Waals surface area contributed by atoms with Crippen LogP contribution in [-0.2, 0) is 16.0 Å². The number of benzene rings is 1. The number of nitrogens with two attached hydrogens (primary N) is 1. The molecular weight excluding hydrogens is 354 g/mol. The summed E-state index contributed by atoms with van der Waals surface area (Å²) in [5, 5.41) is 15.8. The van der Waals surface area contributed by atoms with Crippen LogP contribution in [0.4, 0.5) is 11.4 Å². The highest BCUT2D eigenvalue weighted by Crippen LogP contribution is 2.19. The molecule has 0 amide bonds. The summed E-state index contributed by atoms with van der Waals surface area (Å²) in [7, 11) is 1.59. The number of carbonyl (C=O) groups is 1. The fraction of sp³-hybridized carbons (Fsp3) is 0.389. The second kappa shape index (κ2) is 7.77. The average Bonchev–Trinajstić information content (AvgIpc) is 3.01. The highest BCUT2D eigenvalue weighted by molar-refractivity contribution is 5.79. The number of carbonyl (C=O) groups excluding carboxylic acids is 1. The highest BCUT2D eigenvalue weighted by atomic mass is 16.6. The average molecular weight is 375 g/mol. The van der Waals surface area contributed by atoms with Crippen LogP contribution in [0.3, 0.4) is 0 Å². The monoisotopic (exact) mass is 375 g/mol. The summed E-state index contributed by atoms with van der Waals surface area (Å²) >= 11 is 0. The van der Waals surface area contributed by atoms with Gasteiger partial charge in [-0.3, -0.25) is 14.4 Å². The summed E-state index contributed by atoms with van der Waals surface area (Å²) in [6, 6.07) is 7.22. The normalized spacial score (nSPS) is 21.9. The van der Waals surface area contributed by atoms with Crippen LogP contribution in [0.15, 0.2) is 33.9 Å². The van der Waals surface area contributed by atoms with Gasteiger partial charge >= 0.3 is 5.97 Å². The van der Waals surface area contributed by atoms with E-state index in [1.165, 1.54) is 0 Å². The van der Waals surface area contributed by atoms with E-state index in [1.54, 1.807) is 7.11 Å². The quantitative estimate of drug-likeness (QED) is 0.346. The smallest absolute Gasteiger partial charge is 0.325 e. The summed E-state index contributed by atoms with van der Waals surface area (Å²) < 4.78 is 10.5. The molecule has 144 valence electrons. The van der Waals surface area contributed by atoms with E-state index in [-0.39, 0.29) is 24.0 Å². The Morgan fingerprint density at radius 1 is 1.30 bits per heavy atom. The van der Waals surface area contributed by atoms with E-state index in [1.807, 2.05) is 24.3 Å². The van der Waals surface area contributed by atoms with Crippen LogP contribution < -0.4 is 32.0 Å². The number of aliphatic hydroxyl groups is 1. The topological polar surface area (TPSA) is 140 Å². The molecule has 2 aromatic carbocycles. The van der Waals surface area contributed by atoms with E-state index in [4.69, 9.17) is 15.2 Å². The van der Waals surface area contributed by atoms with Gasteiger partial charge in [0.15, 0.2) is 0 Å². The molecule has 0 saturated carbocycles. The SMILES string of the molecule is COc1ccc(C[C@H]2NC[C@H](O)[C@H]2OC(=O)CNc2c(N)c(=O)c2=O)cc1. The van der Waals surface area contributed by atoms with E-state index in [9.17, 15) is 19.5 Å². The van der Waals surface area contributed by atoms with Gasteiger partial charge < -0.3 is 30.9 Å². The minimum absolute atomic E-state index is 0.0724. The fourth-order valence-electron chi connectivity index (χ4n) is 3.08. The zero-order valence-corrected chi connectivity index (χ0v) is 14.7. The molecule has 1 heterocycles. The van der Waals surface area contributed by atoms with Crippen molar-refractivity contribution in [1.29, 1.82) is 0 Å². The number of methoxy groups -OCH3 is 1. The molecule has 3 rings (SSSR count). The van der Waals surface area contributed by atoms with Gasteiger partial charge in [0, 0.05) is 6.54 Å². The number of hydrogen-bond acceptors (Lipinski definition) is 9. The Bertz CT molecular complexity index is 888. The van der Waals surface area contributed by atoms with Crippen molar-refractivity contribution < 1.29 is 19.4 Å². The van der Waals surface area contributed by atoms with Crippen molar-refractivity contribution in [3.05, 3.63) is 50.3 Å². The molecule has 0 aliphatic carbocycles. The highest BCUT2D eigenvalue weighted by Gasteiger charge is 2.37. The Morgan fingerprint density at radius 2 is 2.00 bits per heavy atom. The van der Waals surface area contributed by atoms with E-state index < -0.39 is 29.0 Å². The third-order valence-electron chi connectivity index (χ3n) is 4.60. The molecule has 0 unspecified atom stereocenters. The fourth-order valence-corrected chi connectivity index (χ4v) is 3.08. The molecule has 2 aromatic rings. The number of rotatable bonds is 7. The van der Waals surface area contributed by atoms with Crippen LogP contribution in [0.25, 0.3) is 0 Å². The van der Waals surface area contributed by atoms with Crippen LogP contribution in [0.1, 0.15) is 5.56 Å². The van der Waals surface area contributed by atoms with E-state index in [2.05, 4.69) is 10.6 Å². The Labute approximate surface area is 154 Å². The predicted octanol–water partition coefficient (Wildman–Crippen LogP) is -1.23. The summed E-state index contributed by atoms with van der Waals surface area (Å²) in [6.07, 6.45) is -1.02. The number of hydrogen-bond donors (Lipinski definition) is 4. The summed E-state index contributed by atoms with van der Waals surface area (Å²) in [5.41, 5.74) is 4.62. The number of nitrogens with one attached hydrogen (secondary N) is 2. The van der Waals surface area contributed by atoms with Crippen molar-refractivity contribution in [2.45, 2.75) is 24.7 Å². The van der Waals surface area contributed by atoms with E-state index >= 15 is 0 Å². The maximum Gasteiger partial charge on any atom is 0.325 e. The van der Waals surface area contributed by atoms with Gasteiger partial charge in [-0.2, -0.15) is 0 Å². The Balaban J connectivity index is 1.57. The van der Waals surface area contributed by atoms with Gasteiger partial charge in [-0.15, -0.1) is 0 Å². The summed E-state index contributed by atoms with van der Waals surface area (Å²) in [6.45, 7) is -0.0230. The van der Waals surface area contributed by atoms with E-state index in [0.29, 0.717) is 13.0 Å². The van der Waals surface area contributed by atoms with Crippen molar-refractivity contribution in [2.24, 2.45) is 0 Å². The Kier molecular flexibility index (Phi) is 5.43. The molecule has 1 aliphatic rings. The number of β-amino-alcohol motifs (C(OH)–C–C–N with tert-alkyl or cyclic N) is 1. The maximum atomic E-state index is 12.1. The van der Waals surface area contributed by atoms with Gasteiger partial charge in [-0.25, -0.2) is 0 Å². The summed E-state index contributed by atoms with van der Waals surface area (Å²) in [4.78, 5) is 34.4. The number of anilines is 2. The van der Waals surface area contributed by atoms with Gasteiger partial charge in [-0.1, -0.05) is 12.1 Å². The second-order valence-electron chi connectivity index (χ2n) is 6.39. The lowest BCUT2D eigenvalue weighted by Gasteiger charge is -2.22. The molecule has 3 atom stereocenters. The zero-order valence-electron chi connectivity index (χ0n) is 14.7. The molecule has 5 N–H and O–H groups in total. The van der Waals surface area contributed by atoms with Crippen LogP contribution in [0.5, 0.6) is 5.75 Å². The molecule has 0 radical (unpaired) electrons. The number of ether oxygens (including phenoxy) is 2. The van der Waals surface area contributed by atoms with Crippen molar-refractivity contribution in [1.82, 2.24) is 5.32 Å².